The number of rotatable bonds is 6. The summed E-state index contributed by atoms with van der Waals surface area (Å²) in [6.07, 6.45) is 1.51. The van der Waals surface area contributed by atoms with Gasteiger partial charge in [0.05, 0.1) is 24.8 Å². The molecular formula is C22H22N2O5. The van der Waals surface area contributed by atoms with Crippen molar-refractivity contribution in [3.8, 4) is 5.75 Å². The zero-order valence-corrected chi connectivity index (χ0v) is 16.5. The maximum absolute atomic E-state index is 12.9. The van der Waals surface area contributed by atoms with Crippen LogP contribution in [0.3, 0.4) is 0 Å². The third-order valence-electron chi connectivity index (χ3n) is 4.53. The fourth-order valence-corrected chi connectivity index (χ4v) is 3.12. The predicted molar refractivity (Wildman–Crippen MR) is 111 cm³/mol. The van der Waals surface area contributed by atoms with Crippen molar-refractivity contribution < 1.29 is 19.1 Å². The number of anilines is 1. The van der Waals surface area contributed by atoms with Crippen LogP contribution >= 0.6 is 0 Å². The highest BCUT2D eigenvalue weighted by atomic mass is 16.5. The number of fused-ring (bicyclic) bond motifs is 1. The summed E-state index contributed by atoms with van der Waals surface area (Å²) in [5.41, 5.74) is 1.02. The zero-order chi connectivity index (χ0) is 21.0. The van der Waals surface area contributed by atoms with Crippen molar-refractivity contribution in [2.24, 2.45) is 0 Å². The van der Waals surface area contributed by atoms with Gasteiger partial charge >= 0.3 is 5.97 Å². The fourth-order valence-electron chi connectivity index (χ4n) is 3.12. The maximum atomic E-state index is 12.9. The van der Waals surface area contributed by atoms with E-state index in [0.29, 0.717) is 34.4 Å². The average molecular weight is 394 g/mol. The lowest BCUT2D eigenvalue weighted by atomic mass is 10.1. The summed E-state index contributed by atoms with van der Waals surface area (Å²) in [5.74, 6) is -0.576. The van der Waals surface area contributed by atoms with E-state index in [2.05, 4.69) is 5.32 Å². The van der Waals surface area contributed by atoms with E-state index in [1.54, 1.807) is 54.0 Å². The molecule has 150 valence electrons. The first-order chi connectivity index (χ1) is 14.0. The molecule has 29 heavy (non-hydrogen) atoms. The van der Waals surface area contributed by atoms with E-state index >= 15 is 0 Å². The van der Waals surface area contributed by atoms with E-state index in [-0.39, 0.29) is 18.1 Å². The van der Waals surface area contributed by atoms with Gasteiger partial charge in [-0.25, -0.2) is 4.79 Å². The van der Waals surface area contributed by atoms with Gasteiger partial charge < -0.3 is 19.4 Å². The van der Waals surface area contributed by atoms with E-state index in [1.165, 1.54) is 13.3 Å². The van der Waals surface area contributed by atoms with Crippen molar-refractivity contribution in [2.45, 2.75) is 20.4 Å². The Kier molecular flexibility index (Phi) is 5.97. The molecule has 0 aliphatic rings. The van der Waals surface area contributed by atoms with E-state index in [9.17, 15) is 14.4 Å². The molecule has 0 fully saturated rings. The Morgan fingerprint density at radius 3 is 2.52 bits per heavy atom. The highest BCUT2D eigenvalue weighted by Crippen LogP contribution is 2.22. The Bertz CT molecular complexity index is 1130. The van der Waals surface area contributed by atoms with Gasteiger partial charge in [0.25, 0.3) is 5.91 Å². The molecule has 0 saturated heterocycles. The number of hydrogen-bond donors (Lipinski definition) is 1. The standard InChI is InChI=1S/C22H22N2O5/c1-4-24-13-17(22(27)29-5-2)20(25)16-12-14(10-11-18(16)24)23-21(26)15-8-6-7-9-19(15)28-3/h6-13H,4-5H2,1-3H3,(H,23,26). The molecule has 7 heteroatoms. The lowest BCUT2D eigenvalue weighted by Crippen LogP contribution is -2.21. The van der Waals surface area contributed by atoms with E-state index in [1.807, 2.05) is 6.92 Å². The highest BCUT2D eigenvalue weighted by Gasteiger charge is 2.17. The van der Waals surface area contributed by atoms with Crippen LogP contribution in [0, 0.1) is 0 Å². The molecule has 0 aliphatic heterocycles. The van der Waals surface area contributed by atoms with Crippen LogP contribution in [-0.4, -0.2) is 30.2 Å². The van der Waals surface area contributed by atoms with Crippen LogP contribution in [-0.2, 0) is 11.3 Å². The van der Waals surface area contributed by atoms with Crippen LogP contribution in [0.5, 0.6) is 5.75 Å². The lowest BCUT2D eigenvalue weighted by molar-refractivity contribution is 0.0524. The number of carbonyl (C=O) groups excluding carboxylic acids is 2. The van der Waals surface area contributed by atoms with Gasteiger partial charge in [-0.05, 0) is 44.2 Å². The molecule has 3 aromatic rings. The second kappa shape index (κ2) is 8.60. The molecular weight excluding hydrogens is 372 g/mol. The van der Waals surface area contributed by atoms with Gasteiger partial charge in [0.1, 0.15) is 11.3 Å². The highest BCUT2D eigenvalue weighted by molar-refractivity contribution is 6.07. The Balaban J connectivity index is 2.05. The van der Waals surface area contributed by atoms with E-state index < -0.39 is 11.4 Å². The zero-order valence-electron chi connectivity index (χ0n) is 16.5. The number of ether oxygens (including phenoxy) is 2. The van der Waals surface area contributed by atoms with Gasteiger partial charge in [-0.3, -0.25) is 9.59 Å². The molecule has 2 aromatic carbocycles. The summed E-state index contributed by atoms with van der Waals surface area (Å²) >= 11 is 0. The molecule has 0 unspecified atom stereocenters. The number of methoxy groups -OCH3 is 1. The summed E-state index contributed by atoms with van der Waals surface area (Å²) in [6, 6.07) is 11.9. The molecule has 0 saturated carbocycles. The molecule has 0 atom stereocenters. The quantitative estimate of drug-likeness (QED) is 0.647. The number of pyridine rings is 1. The molecule has 1 heterocycles. The molecule has 7 nitrogen and oxygen atoms in total. The van der Waals surface area contributed by atoms with Gasteiger partial charge in [0.15, 0.2) is 0 Å². The van der Waals surface area contributed by atoms with Crippen molar-refractivity contribution in [3.05, 3.63) is 70.0 Å². The van der Waals surface area contributed by atoms with Crippen molar-refractivity contribution in [3.63, 3.8) is 0 Å². The molecule has 1 N–H and O–H groups in total. The molecule has 0 spiro atoms. The van der Waals surface area contributed by atoms with E-state index in [0.717, 1.165) is 0 Å². The fraction of sp³-hybridized carbons (Fsp3) is 0.227. The molecule has 0 bridgehead atoms. The minimum Gasteiger partial charge on any atom is -0.496 e. The smallest absolute Gasteiger partial charge is 0.343 e. The van der Waals surface area contributed by atoms with Crippen LogP contribution in [0.15, 0.2) is 53.5 Å². The Morgan fingerprint density at radius 2 is 1.83 bits per heavy atom. The van der Waals surface area contributed by atoms with Gasteiger partial charge in [-0.15, -0.1) is 0 Å². The predicted octanol–water partition coefficient (Wildman–Crippen LogP) is 3.46. The first-order valence-electron chi connectivity index (χ1n) is 9.28. The van der Waals surface area contributed by atoms with Crippen LogP contribution in [0.1, 0.15) is 34.6 Å². The van der Waals surface area contributed by atoms with Gasteiger partial charge in [-0.2, -0.15) is 0 Å². The number of carbonyl (C=O) groups is 2. The van der Waals surface area contributed by atoms with Crippen molar-refractivity contribution in [1.82, 2.24) is 4.57 Å². The number of amides is 1. The van der Waals surface area contributed by atoms with Gasteiger partial charge in [0.2, 0.25) is 5.43 Å². The number of esters is 1. The van der Waals surface area contributed by atoms with Gasteiger partial charge in [-0.1, -0.05) is 12.1 Å². The van der Waals surface area contributed by atoms with Crippen LogP contribution in [0.25, 0.3) is 10.9 Å². The van der Waals surface area contributed by atoms with Gasteiger partial charge in [0, 0.05) is 23.8 Å². The Labute approximate surface area is 167 Å². The Hall–Kier alpha value is -3.61. The van der Waals surface area contributed by atoms with Crippen molar-refractivity contribution >= 4 is 28.5 Å². The summed E-state index contributed by atoms with van der Waals surface area (Å²) in [5, 5.41) is 3.11. The number of aryl methyl sites for hydroxylation is 1. The number of benzene rings is 2. The summed E-state index contributed by atoms with van der Waals surface area (Å²) in [6.45, 7) is 4.34. The number of para-hydroxylation sites is 1. The summed E-state index contributed by atoms with van der Waals surface area (Å²) in [7, 11) is 1.49. The monoisotopic (exact) mass is 394 g/mol. The topological polar surface area (TPSA) is 86.6 Å². The average Bonchev–Trinajstić information content (AvgIpc) is 2.74. The van der Waals surface area contributed by atoms with E-state index in [4.69, 9.17) is 9.47 Å². The first kappa shape index (κ1) is 20.1. The van der Waals surface area contributed by atoms with Crippen LogP contribution < -0.4 is 15.5 Å². The summed E-state index contributed by atoms with van der Waals surface area (Å²) in [4.78, 5) is 37.7. The second-order valence-electron chi connectivity index (χ2n) is 6.26. The molecule has 1 aromatic heterocycles. The largest absolute Gasteiger partial charge is 0.496 e. The molecule has 0 radical (unpaired) electrons. The third-order valence-corrected chi connectivity index (χ3v) is 4.53. The lowest BCUT2D eigenvalue weighted by Gasteiger charge is -2.13. The number of nitrogens with one attached hydrogen (secondary N) is 1. The van der Waals surface area contributed by atoms with Crippen molar-refractivity contribution in [1.29, 1.82) is 0 Å². The Morgan fingerprint density at radius 1 is 1.07 bits per heavy atom. The minimum atomic E-state index is -0.662. The maximum Gasteiger partial charge on any atom is 0.343 e. The van der Waals surface area contributed by atoms with Crippen LogP contribution in [0.4, 0.5) is 5.69 Å². The molecule has 1 amide bonds. The minimum absolute atomic E-state index is 0.0330. The first-order valence-corrected chi connectivity index (χ1v) is 9.28. The number of hydrogen-bond acceptors (Lipinski definition) is 5. The SMILES string of the molecule is CCOC(=O)c1cn(CC)c2ccc(NC(=O)c3ccccc3OC)cc2c1=O. The normalized spacial score (nSPS) is 10.6. The summed E-state index contributed by atoms with van der Waals surface area (Å²) < 4.78 is 12.0. The van der Waals surface area contributed by atoms with Crippen molar-refractivity contribution in [2.75, 3.05) is 19.0 Å². The molecule has 3 rings (SSSR count). The number of nitrogens with zero attached hydrogens (tertiary/aromatic N) is 1. The van der Waals surface area contributed by atoms with Crippen LogP contribution in [0.2, 0.25) is 0 Å². The third kappa shape index (κ3) is 3.99. The number of aromatic nitrogens is 1. The second-order valence-corrected chi connectivity index (χ2v) is 6.26. The molecule has 0 aliphatic carbocycles.